The molecule has 0 saturated carbocycles. The number of rotatable bonds is 11. The van der Waals surface area contributed by atoms with Crippen molar-refractivity contribution in [3.63, 3.8) is 0 Å². The van der Waals surface area contributed by atoms with E-state index in [1.165, 1.54) is 38.5 Å². The molecule has 0 unspecified atom stereocenters. The van der Waals surface area contributed by atoms with Crippen molar-refractivity contribution in [3.05, 3.63) is 70.8 Å². The second kappa shape index (κ2) is 12.2. The standard InChI is InChI=1S/C25H28N6O4/c1-5-15-30(6-2)20-11-7-18(8-12-20)26-28-22-16-25(35-4)23(17-24(22)34-3)29-27-19-9-13-21(14-10-19)31(32)33/h7-14,16-17H,5-6,15H2,1-4H3. The van der Waals surface area contributed by atoms with Gasteiger partial charge in [-0.3, -0.25) is 10.1 Å². The second-order valence-corrected chi connectivity index (χ2v) is 7.47. The highest BCUT2D eigenvalue weighted by Gasteiger charge is 2.12. The van der Waals surface area contributed by atoms with Gasteiger partial charge in [0.15, 0.2) is 0 Å². The Hall–Kier alpha value is -4.34. The fourth-order valence-corrected chi connectivity index (χ4v) is 3.36. The van der Waals surface area contributed by atoms with E-state index in [2.05, 4.69) is 39.2 Å². The van der Waals surface area contributed by atoms with Gasteiger partial charge in [-0.15, -0.1) is 10.2 Å². The summed E-state index contributed by atoms with van der Waals surface area (Å²) in [5.74, 6) is 0.878. The Balaban J connectivity index is 1.82. The third kappa shape index (κ3) is 6.59. The molecule has 35 heavy (non-hydrogen) atoms. The van der Waals surface area contributed by atoms with Crippen LogP contribution in [0.5, 0.6) is 11.5 Å². The van der Waals surface area contributed by atoms with Gasteiger partial charge >= 0.3 is 0 Å². The van der Waals surface area contributed by atoms with E-state index in [0.717, 1.165) is 25.2 Å². The van der Waals surface area contributed by atoms with Gasteiger partial charge in [-0.2, -0.15) is 10.2 Å². The third-order valence-electron chi connectivity index (χ3n) is 5.18. The zero-order valence-electron chi connectivity index (χ0n) is 20.2. The van der Waals surface area contributed by atoms with E-state index in [4.69, 9.17) is 9.47 Å². The van der Waals surface area contributed by atoms with Crippen molar-refractivity contribution < 1.29 is 14.4 Å². The lowest BCUT2D eigenvalue weighted by atomic mass is 10.2. The van der Waals surface area contributed by atoms with Crippen LogP contribution in [0.4, 0.5) is 34.1 Å². The molecular weight excluding hydrogens is 448 g/mol. The van der Waals surface area contributed by atoms with E-state index in [-0.39, 0.29) is 5.69 Å². The van der Waals surface area contributed by atoms with Gasteiger partial charge in [0.25, 0.3) is 5.69 Å². The Morgan fingerprint density at radius 1 is 0.800 bits per heavy atom. The van der Waals surface area contributed by atoms with Crippen LogP contribution in [0.3, 0.4) is 0 Å². The summed E-state index contributed by atoms with van der Waals surface area (Å²) in [6.45, 7) is 6.25. The predicted octanol–water partition coefficient (Wildman–Crippen LogP) is 7.68. The lowest BCUT2D eigenvalue weighted by Crippen LogP contribution is -2.23. The van der Waals surface area contributed by atoms with Crippen molar-refractivity contribution in [2.24, 2.45) is 20.5 Å². The first-order chi connectivity index (χ1) is 17.0. The lowest BCUT2D eigenvalue weighted by molar-refractivity contribution is -0.384. The number of hydrogen-bond acceptors (Lipinski definition) is 9. The van der Waals surface area contributed by atoms with Crippen LogP contribution in [0.15, 0.2) is 81.1 Å². The molecular formula is C25H28N6O4. The highest BCUT2D eigenvalue weighted by molar-refractivity contribution is 5.66. The second-order valence-electron chi connectivity index (χ2n) is 7.47. The monoisotopic (exact) mass is 476 g/mol. The van der Waals surface area contributed by atoms with Gasteiger partial charge in [-0.1, -0.05) is 6.92 Å². The molecule has 10 nitrogen and oxygen atoms in total. The maximum atomic E-state index is 10.8. The summed E-state index contributed by atoms with van der Waals surface area (Å²) in [6.07, 6.45) is 1.08. The number of anilines is 1. The van der Waals surface area contributed by atoms with Crippen molar-refractivity contribution >= 4 is 34.1 Å². The van der Waals surface area contributed by atoms with E-state index in [1.807, 2.05) is 24.3 Å². The topological polar surface area (TPSA) is 114 Å². The quantitative estimate of drug-likeness (QED) is 0.160. The van der Waals surface area contributed by atoms with E-state index in [9.17, 15) is 10.1 Å². The van der Waals surface area contributed by atoms with Crippen LogP contribution < -0.4 is 14.4 Å². The number of nitro groups is 1. The van der Waals surface area contributed by atoms with Crippen LogP contribution in [-0.4, -0.2) is 32.2 Å². The van der Waals surface area contributed by atoms with Crippen LogP contribution >= 0.6 is 0 Å². The minimum absolute atomic E-state index is 0.0174. The summed E-state index contributed by atoms with van der Waals surface area (Å²) < 4.78 is 10.9. The minimum Gasteiger partial charge on any atom is -0.494 e. The number of methoxy groups -OCH3 is 2. The van der Waals surface area contributed by atoms with Gasteiger partial charge in [-0.25, -0.2) is 0 Å². The summed E-state index contributed by atoms with van der Waals surface area (Å²) in [5, 5.41) is 27.8. The van der Waals surface area contributed by atoms with Crippen molar-refractivity contribution in [1.29, 1.82) is 0 Å². The fourth-order valence-electron chi connectivity index (χ4n) is 3.36. The average molecular weight is 477 g/mol. The zero-order valence-corrected chi connectivity index (χ0v) is 20.2. The Bertz CT molecular complexity index is 1190. The van der Waals surface area contributed by atoms with Crippen molar-refractivity contribution in [3.8, 4) is 11.5 Å². The van der Waals surface area contributed by atoms with E-state index in [0.29, 0.717) is 34.2 Å². The summed E-state index contributed by atoms with van der Waals surface area (Å²) in [4.78, 5) is 12.6. The zero-order chi connectivity index (χ0) is 25.2. The number of non-ortho nitro benzene ring substituents is 1. The summed E-state index contributed by atoms with van der Waals surface area (Å²) in [6, 6.07) is 17.0. The molecule has 0 N–H and O–H groups in total. The maximum Gasteiger partial charge on any atom is 0.269 e. The Labute approximate surface area is 204 Å². The smallest absolute Gasteiger partial charge is 0.269 e. The number of hydrogen-bond donors (Lipinski definition) is 0. The van der Waals surface area contributed by atoms with Crippen LogP contribution in [0, 0.1) is 10.1 Å². The number of azo groups is 2. The first-order valence-electron chi connectivity index (χ1n) is 11.2. The molecule has 0 amide bonds. The van der Waals surface area contributed by atoms with Gasteiger partial charge in [0, 0.05) is 43.0 Å². The Kier molecular flexibility index (Phi) is 8.82. The average Bonchev–Trinajstić information content (AvgIpc) is 2.89. The number of benzene rings is 3. The Morgan fingerprint density at radius 2 is 1.29 bits per heavy atom. The van der Waals surface area contributed by atoms with Gasteiger partial charge < -0.3 is 14.4 Å². The highest BCUT2D eigenvalue weighted by Crippen LogP contribution is 2.41. The number of nitrogens with zero attached hydrogens (tertiary/aromatic N) is 6. The number of ether oxygens (including phenoxy) is 2. The van der Waals surface area contributed by atoms with E-state index >= 15 is 0 Å². The maximum absolute atomic E-state index is 10.8. The molecule has 0 aliphatic rings. The van der Waals surface area contributed by atoms with E-state index < -0.39 is 4.92 Å². The molecule has 3 rings (SSSR count). The molecule has 0 saturated heterocycles. The highest BCUT2D eigenvalue weighted by atomic mass is 16.6. The molecule has 3 aromatic carbocycles. The molecule has 3 aromatic rings. The first-order valence-corrected chi connectivity index (χ1v) is 11.2. The molecule has 0 bridgehead atoms. The lowest BCUT2D eigenvalue weighted by Gasteiger charge is -2.22. The molecule has 0 fully saturated rings. The van der Waals surface area contributed by atoms with Crippen molar-refractivity contribution in [2.75, 3.05) is 32.2 Å². The summed E-state index contributed by atoms with van der Waals surface area (Å²) >= 11 is 0. The number of nitro benzene ring substituents is 1. The minimum atomic E-state index is -0.469. The first kappa shape index (κ1) is 25.3. The molecule has 0 aliphatic carbocycles. The van der Waals surface area contributed by atoms with Gasteiger partial charge in [0.05, 0.1) is 30.5 Å². The van der Waals surface area contributed by atoms with Crippen LogP contribution in [-0.2, 0) is 0 Å². The van der Waals surface area contributed by atoms with Crippen molar-refractivity contribution in [2.45, 2.75) is 20.3 Å². The van der Waals surface area contributed by atoms with E-state index in [1.54, 1.807) is 12.1 Å². The molecule has 0 radical (unpaired) electrons. The summed E-state index contributed by atoms with van der Waals surface area (Å²) in [5.41, 5.74) is 3.20. The molecule has 0 heterocycles. The van der Waals surface area contributed by atoms with Gasteiger partial charge in [0.1, 0.15) is 22.9 Å². The normalized spacial score (nSPS) is 11.2. The van der Waals surface area contributed by atoms with Crippen LogP contribution in [0.2, 0.25) is 0 Å². The predicted molar refractivity (Wildman–Crippen MR) is 136 cm³/mol. The van der Waals surface area contributed by atoms with Gasteiger partial charge in [0.2, 0.25) is 0 Å². The molecule has 182 valence electrons. The molecule has 0 atom stereocenters. The van der Waals surface area contributed by atoms with Crippen LogP contribution in [0.25, 0.3) is 0 Å². The van der Waals surface area contributed by atoms with Crippen molar-refractivity contribution in [1.82, 2.24) is 0 Å². The molecule has 0 spiro atoms. The summed E-state index contributed by atoms with van der Waals surface area (Å²) in [7, 11) is 3.04. The van der Waals surface area contributed by atoms with Crippen LogP contribution in [0.1, 0.15) is 20.3 Å². The molecule has 0 aliphatic heterocycles. The third-order valence-corrected chi connectivity index (χ3v) is 5.18. The SMILES string of the molecule is CCCN(CC)c1ccc(N=Nc2cc(OC)c(N=Nc3ccc([N+](=O)[O-])cc3)cc2OC)cc1. The van der Waals surface area contributed by atoms with Gasteiger partial charge in [-0.05, 0) is 49.7 Å². The molecule has 0 aromatic heterocycles. The Morgan fingerprint density at radius 3 is 1.69 bits per heavy atom. The largest absolute Gasteiger partial charge is 0.494 e. The fraction of sp³-hybridized carbons (Fsp3) is 0.280. The molecule has 10 heteroatoms.